The van der Waals surface area contributed by atoms with Crippen molar-refractivity contribution in [3.63, 3.8) is 0 Å². The van der Waals surface area contributed by atoms with E-state index >= 15 is 0 Å². The quantitative estimate of drug-likeness (QED) is 0.659. The van der Waals surface area contributed by atoms with E-state index in [0.29, 0.717) is 0 Å². The molecule has 6 heteroatoms. The highest BCUT2D eigenvalue weighted by Gasteiger charge is 2.01. The van der Waals surface area contributed by atoms with Gasteiger partial charge in [-0.05, 0) is 24.3 Å². The third-order valence-electron chi connectivity index (χ3n) is 1.84. The van der Waals surface area contributed by atoms with Crippen molar-refractivity contribution in [3.05, 3.63) is 35.5 Å². The van der Waals surface area contributed by atoms with Gasteiger partial charge in [-0.25, -0.2) is 0 Å². The van der Waals surface area contributed by atoms with Crippen molar-refractivity contribution in [1.29, 1.82) is 0 Å². The molecule has 0 aliphatic carbocycles. The Morgan fingerprint density at radius 1 is 1.40 bits per heavy atom. The summed E-state index contributed by atoms with van der Waals surface area (Å²) < 4.78 is 6.81. The second kappa shape index (κ2) is 3.32. The lowest BCUT2D eigenvalue weighted by atomic mass is 10.4. The number of aromatic nitrogens is 4. The number of hydrogen-bond donors (Lipinski definition) is 0. The third kappa shape index (κ3) is 1.55. The van der Waals surface area contributed by atoms with Gasteiger partial charge in [0.2, 0.25) is 4.96 Å². The van der Waals surface area contributed by atoms with Crippen molar-refractivity contribution in [1.82, 2.24) is 19.8 Å². The van der Waals surface area contributed by atoms with E-state index in [1.165, 1.54) is 11.3 Å². The molecule has 0 radical (unpaired) electrons. The standard InChI is InChI=1S/C9H6N4OS/c1-2-7(14-5-1)3-4-8-12-13-6-10-11-9(13)15-8/h1-6H. The van der Waals surface area contributed by atoms with E-state index in [0.717, 1.165) is 15.7 Å². The van der Waals surface area contributed by atoms with Crippen LogP contribution in [0.25, 0.3) is 17.1 Å². The maximum atomic E-state index is 5.17. The summed E-state index contributed by atoms with van der Waals surface area (Å²) in [6, 6.07) is 3.73. The first-order valence-corrected chi connectivity index (χ1v) is 5.12. The summed E-state index contributed by atoms with van der Waals surface area (Å²) >= 11 is 1.48. The Kier molecular flexibility index (Phi) is 1.85. The molecule has 0 saturated heterocycles. The lowest BCUT2D eigenvalue weighted by Gasteiger charge is -1.81. The third-order valence-corrected chi connectivity index (χ3v) is 2.71. The van der Waals surface area contributed by atoms with Crippen LogP contribution >= 0.6 is 11.3 Å². The van der Waals surface area contributed by atoms with Crippen LogP contribution in [0, 0.1) is 0 Å². The molecule has 3 heterocycles. The minimum Gasteiger partial charge on any atom is -0.465 e. The Hall–Kier alpha value is -1.95. The molecule has 0 aromatic carbocycles. The molecule has 0 atom stereocenters. The molecule has 0 N–H and O–H groups in total. The minimum absolute atomic E-state index is 0.786. The zero-order valence-electron chi connectivity index (χ0n) is 7.57. The van der Waals surface area contributed by atoms with Crippen molar-refractivity contribution in [3.8, 4) is 0 Å². The maximum absolute atomic E-state index is 5.17. The largest absolute Gasteiger partial charge is 0.465 e. The van der Waals surface area contributed by atoms with Gasteiger partial charge in [-0.3, -0.25) is 0 Å². The summed E-state index contributed by atoms with van der Waals surface area (Å²) in [5.41, 5.74) is 0. The van der Waals surface area contributed by atoms with Crippen LogP contribution in [0.3, 0.4) is 0 Å². The lowest BCUT2D eigenvalue weighted by molar-refractivity contribution is 0.557. The molecule has 15 heavy (non-hydrogen) atoms. The maximum Gasteiger partial charge on any atom is 0.234 e. The molecule has 0 amide bonds. The zero-order chi connectivity index (χ0) is 10.1. The second-order valence-corrected chi connectivity index (χ2v) is 3.83. The van der Waals surface area contributed by atoms with E-state index < -0.39 is 0 Å². The summed E-state index contributed by atoms with van der Waals surface area (Å²) in [6.45, 7) is 0. The summed E-state index contributed by atoms with van der Waals surface area (Å²) in [7, 11) is 0. The predicted octanol–water partition coefficient (Wildman–Crippen LogP) is 1.95. The number of rotatable bonds is 2. The van der Waals surface area contributed by atoms with Crippen LogP contribution in [0.2, 0.25) is 0 Å². The summed E-state index contributed by atoms with van der Waals surface area (Å²) in [4.78, 5) is 0.786. The Morgan fingerprint density at radius 2 is 2.40 bits per heavy atom. The Labute approximate surface area is 88.7 Å². The Morgan fingerprint density at radius 3 is 3.20 bits per heavy atom. The monoisotopic (exact) mass is 218 g/mol. The predicted molar refractivity (Wildman–Crippen MR) is 56.3 cm³/mol. The van der Waals surface area contributed by atoms with Gasteiger partial charge in [0.05, 0.1) is 6.26 Å². The first kappa shape index (κ1) is 8.37. The van der Waals surface area contributed by atoms with Gasteiger partial charge < -0.3 is 4.42 Å². The minimum atomic E-state index is 0.786. The molecule has 5 nitrogen and oxygen atoms in total. The van der Waals surface area contributed by atoms with E-state index in [4.69, 9.17) is 4.42 Å². The van der Waals surface area contributed by atoms with Gasteiger partial charge in [-0.2, -0.15) is 9.61 Å². The number of fused-ring (bicyclic) bond motifs is 1. The van der Waals surface area contributed by atoms with E-state index in [1.54, 1.807) is 17.1 Å². The van der Waals surface area contributed by atoms with Crippen LogP contribution in [0.1, 0.15) is 10.8 Å². The molecule has 3 aromatic rings. The van der Waals surface area contributed by atoms with Crippen molar-refractivity contribution in [2.24, 2.45) is 0 Å². The molecule has 3 rings (SSSR count). The van der Waals surface area contributed by atoms with Crippen molar-refractivity contribution < 1.29 is 4.42 Å². The normalized spacial score (nSPS) is 11.7. The van der Waals surface area contributed by atoms with Gasteiger partial charge in [-0.1, -0.05) is 11.3 Å². The molecular formula is C9H6N4OS. The number of hydrogen-bond acceptors (Lipinski definition) is 5. The van der Waals surface area contributed by atoms with Crippen LogP contribution < -0.4 is 0 Å². The molecule has 0 unspecified atom stereocenters. The summed E-state index contributed by atoms with van der Waals surface area (Å²) in [5.74, 6) is 0.806. The smallest absolute Gasteiger partial charge is 0.234 e. The van der Waals surface area contributed by atoms with Crippen LogP contribution in [0.5, 0.6) is 0 Å². The molecule has 3 aromatic heterocycles. The first-order valence-electron chi connectivity index (χ1n) is 4.30. The van der Waals surface area contributed by atoms with Gasteiger partial charge in [0, 0.05) is 0 Å². The van der Waals surface area contributed by atoms with Crippen LogP contribution in [0.15, 0.2) is 29.1 Å². The zero-order valence-corrected chi connectivity index (χ0v) is 8.39. The average Bonchev–Trinajstić information content (AvgIpc) is 2.91. The van der Waals surface area contributed by atoms with Gasteiger partial charge in [0.25, 0.3) is 0 Å². The fourth-order valence-electron chi connectivity index (χ4n) is 1.18. The molecule has 74 valence electrons. The first-order chi connectivity index (χ1) is 7.42. The molecule has 0 bridgehead atoms. The van der Waals surface area contributed by atoms with Crippen molar-refractivity contribution in [2.75, 3.05) is 0 Å². The molecule has 0 fully saturated rings. The fourth-order valence-corrected chi connectivity index (χ4v) is 1.90. The summed E-state index contributed by atoms with van der Waals surface area (Å²) in [6.07, 6.45) is 6.97. The number of furan rings is 1. The lowest BCUT2D eigenvalue weighted by Crippen LogP contribution is -1.79. The highest BCUT2D eigenvalue weighted by Crippen LogP contribution is 2.14. The SMILES string of the molecule is C(=Cc1nn2cnnc2s1)c1ccco1. The van der Waals surface area contributed by atoms with E-state index in [1.807, 2.05) is 24.3 Å². The highest BCUT2D eigenvalue weighted by molar-refractivity contribution is 7.17. The molecule has 0 spiro atoms. The summed E-state index contributed by atoms with van der Waals surface area (Å²) in [5, 5.41) is 12.8. The van der Waals surface area contributed by atoms with Gasteiger partial charge in [0.15, 0.2) is 0 Å². The van der Waals surface area contributed by atoms with Crippen LogP contribution in [-0.2, 0) is 0 Å². The van der Waals surface area contributed by atoms with Crippen LogP contribution in [-0.4, -0.2) is 19.8 Å². The van der Waals surface area contributed by atoms with Crippen molar-refractivity contribution in [2.45, 2.75) is 0 Å². The molecule has 0 saturated carbocycles. The van der Waals surface area contributed by atoms with Gasteiger partial charge >= 0.3 is 0 Å². The Bertz CT molecular complexity index is 564. The molecule has 0 aliphatic rings. The van der Waals surface area contributed by atoms with E-state index in [9.17, 15) is 0 Å². The Balaban J connectivity index is 1.92. The van der Waals surface area contributed by atoms with E-state index in [2.05, 4.69) is 15.3 Å². The number of nitrogens with zero attached hydrogens (tertiary/aromatic N) is 4. The van der Waals surface area contributed by atoms with E-state index in [-0.39, 0.29) is 0 Å². The van der Waals surface area contributed by atoms with Crippen LogP contribution in [0.4, 0.5) is 0 Å². The highest BCUT2D eigenvalue weighted by atomic mass is 32.1. The van der Waals surface area contributed by atoms with Gasteiger partial charge in [-0.15, -0.1) is 10.2 Å². The molecular weight excluding hydrogens is 212 g/mol. The average molecular weight is 218 g/mol. The molecule has 0 aliphatic heterocycles. The van der Waals surface area contributed by atoms with Crippen molar-refractivity contribution >= 4 is 28.4 Å². The second-order valence-electron chi connectivity index (χ2n) is 2.85. The fraction of sp³-hybridized carbons (Fsp3) is 0. The van der Waals surface area contributed by atoms with Gasteiger partial charge in [0.1, 0.15) is 17.1 Å². The topological polar surface area (TPSA) is 56.2 Å².